The van der Waals surface area contributed by atoms with E-state index in [1.165, 1.54) is 24.0 Å². The van der Waals surface area contributed by atoms with Crippen LogP contribution in [0.1, 0.15) is 6.42 Å². The van der Waals surface area contributed by atoms with Gasteiger partial charge in [-0.1, -0.05) is 6.07 Å². The SMILES string of the molecule is CN1CC[C@H]2[C@@H]1CN2c1cccc2ncncc12. The second-order valence-electron chi connectivity index (χ2n) is 5.29. The third-order valence-corrected chi connectivity index (χ3v) is 4.41. The lowest BCUT2D eigenvalue weighted by Gasteiger charge is -2.48. The summed E-state index contributed by atoms with van der Waals surface area (Å²) < 4.78 is 0. The van der Waals surface area contributed by atoms with E-state index in [0.717, 1.165) is 18.1 Å². The molecule has 3 heterocycles. The van der Waals surface area contributed by atoms with Crippen LogP contribution in [0.3, 0.4) is 0 Å². The fourth-order valence-electron chi connectivity index (χ4n) is 3.33. The summed E-state index contributed by atoms with van der Waals surface area (Å²) in [5, 5.41) is 1.17. The van der Waals surface area contributed by atoms with Crippen LogP contribution in [0.15, 0.2) is 30.7 Å². The fraction of sp³-hybridized carbons (Fsp3) is 0.429. The number of fused-ring (bicyclic) bond motifs is 2. The molecule has 18 heavy (non-hydrogen) atoms. The molecule has 0 aliphatic carbocycles. The maximum atomic E-state index is 4.33. The van der Waals surface area contributed by atoms with Crippen LogP contribution in [-0.2, 0) is 0 Å². The second kappa shape index (κ2) is 3.65. The van der Waals surface area contributed by atoms with E-state index >= 15 is 0 Å². The zero-order chi connectivity index (χ0) is 12.1. The number of likely N-dealkylation sites (N-methyl/N-ethyl adjacent to an activating group) is 1. The first-order valence-electron chi connectivity index (χ1n) is 6.50. The summed E-state index contributed by atoms with van der Waals surface area (Å²) in [5.41, 5.74) is 2.34. The average molecular weight is 240 g/mol. The molecule has 0 radical (unpaired) electrons. The highest BCUT2D eigenvalue weighted by atomic mass is 15.4. The average Bonchev–Trinajstić information content (AvgIpc) is 2.65. The van der Waals surface area contributed by atoms with Crippen LogP contribution in [0.4, 0.5) is 5.69 Å². The van der Waals surface area contributed by atoms with E-state index in [1.54, 1.807) is 6.33 Å². The minimum Gasteiger partial charge on any atom is -0.365 e. The van der Waals surface area contributed by atoms with Crippen molar-refractivity contribution in [3.8, 4) is 0 Å². The lowest BCUT2D eigenvalue weighted by Crippen LogP contribution is -2.61. The molecule has 0 spiro atoms. The highest BCUT2D eigenvalue weighted by Crippen LogP contribution is 2.38. The van der Waals surface area contributed by atoms with E-state index in [9.17, 15) is 0 Å². The van der Waals surface area contributed by atoms with Gasteiger partial charge in [-0.3, -0.25) is 4.90 Å². The molecule has 92 valence electrons. The molecule has 0 unspecified atom stereocenters. The largest absolute Gasteiger partial charge is 0.365 e. The smallest absolute Gasteiger partial charge is 0.116 e. The van der Waals surface area contributed by atoms with Gasteiger partial charge in [0.1, 0.15) is 6.33 Å². The Balaban J connectivity index is 1.76. The van der Waals surface area contributed by atoms with Crippen molar-refractivity contribution in [3.63, 3.8) is 0 Å². The van der Waals surface area contributed by atoms with E-state index in [2.05, 4.69) is 45.0 Å². The van der Waals surface area contributed by atoms with Gasteiger partial charge in [-0.15, -0.1) is 0 Å². The van der Waals surface area contributed by atoms with Crippen LogP contribution < -0.4 is 4.90 Å². The van der Waals surface area contributed by atoms with Crippen molar-refractivity contribution in [2.24, 2.45) is 0 Å². The summed E-state index contributed by atoms with van der Waals surface area (Å²) in [5.74, 6) is 0. The van der Waals surface area contributed by atoms with Crippen molar-refractivity contribution >= 4 is 16.6 Å². The van der Waals surface area contributed by atoms with E-state index in [1.807, 2.05) is 6.20 Å². The van der Waals surface area contributed by atoms with E-state index in [-0.39, 0.29) is 0 Å². The molecule has 2 fully saturated rings. The van der Waals surface area contributed by atoms with Gasteiger partial charge in [0, 0.05) is 42.4 Å². The number of likely N-dealkylation sites (tertiary alicyclic amines) is 1. The number of rotatable bonds is 1. The predicted molar refractivity (Wildman–Crippen MR) is 71.7 cm³/mol. The number of anilines is 1. The Labute approximate surface area is 106 Å². The van der Waals surface area contributed by atoms with Crippen LogP contribution in [-0.4, -0.2) is 47.1 Å². The fourth-order valence-corrected chi connectivity index (χ4v) is 3.33. The van der Waals surface area contributed by atoms with E-state index in [4.69, 9.17) is 0 Å². The first-order chi connectivity index (χ1) is 8.84. The lowest BCUT2D eigenvalue weighted by molar-refractivity contribution is 0.242. The van der Waals surface area contributed by atoms with E-state index < -0.39 is 0 Å². The molecule has 2 atom stereocenters. The molecule has 0 N–H and O–H groups in total. The molecule has 1 aromatic carbocycles. The Morgan fingerprint density at radius 1 is 1.28 bits per heavy atom. The van der Waals surface area contributed by atoms with Gasteiger partial charge in [0.25, 0.3) is 0 Å². The van der Waals surface area contributed by atoms with Gasteiger partial charge in [-0.25, -0.2) is 9.97 Å². The highest BCUT2D eigenvalue weighted by molar-refractivity contribution is 5.91. The van der Waals surface area contributed by atoms with Crippen molar-refractivity contribution in [2.75, 3.05) is 25.0 Å². The van der Waals surface area contributed by atoms with Crippen molar-refractivity contribution in [1.29, 1.82) is 0 Å². The Kier molecular flexibility index (Phi) is 2.08. The third kappa shape index (κ3) is 1.29. The van der Waals surface area contributed by atoms with Gasteiger partial charge in [-0.2, -0.15) is 0 Å². The minimum atomic E-state index is 0.681. The maximum Gasteiger partial charge on any atom is 0.116 e. The first kappa shape index (κ1) is 10.3. The van der Waals surface area contributed by atoms with Gasteiger partial charge in [-0.05, 0) is 25.6 Å². The molecule has 0 bridgehead atoms. The number of hydrogen-bond acceptors (Lipinski definition) is 4. The van der Waals surface area contributed by atoms with Gasteiger partial charge in [0.15, 0.2) is 0 Å². The molecular formula is C14H16N4. The van der Waals surface area contributed by atoms with Crippen molar-refractivity contribution in [1.82, 2.24) is 14.9 Å². The predicted octanol–water partition coefficient (Wildman–Crippen LogP) is 1.52. The molecule has 1 aromatic heterocycles. The zero-order valence-corrected chi connectivity index (χ0v) is 10.5. The van der Waals surface area contributed by atoms with Gasteiger partial charge >= 0.3 is 0 Å². The van der Waals surface area contributed by atoms with Crippen molar-refractivity contribution in [3.05, 3.63) is 30.7 Å². The Bertz CT molecular complexity index is 592. The van der Waals surface area contributed by atoms with Crippen LogP contribution >= 0.6 is 0 Å². The molecule has 0 saturated carbocycles. The van der Waals surface area contributed by atoms with Gasteiger partial charge < -0.3 is 4.90 Å². The summed E-state index contributed by atoms with van der Waals surface area (Å²) in [4.78, 5) is 13.5. The van der Waals surface area contributed by atoms with Crippen LogP contribution in [0.25, 0.3) is 10.9 Å². The molecule has 4 rings (SSSR count). The first-order valence-corrected chi connectivity index (χ1v) is 6.50. The quantitative estimate of drug-likeness (QED) is 0.756. The molecule has 4 nitrogen and oxygen atoms in total. The number of aromatic nitrogens is 2. The topological polar surface area (TPSA) is 32.3 Å². The van der Waals surface area contributed by atoms with Crippen molar-refractivity contribution < 1.29 is 0 Å². The Hall–Kier alpha value is -1.68. The number of benzene rings is 1. The lowest BCUT2D eigenvalue weighted by atomic mass is 9.95. The summed E-state index contributed by atoms with van der Waals surface area (Å²) in [6.07, 6.45) is 4.82. The monoisotopic (exact) mass is 240 g/mol. The molecule has 2 saturated heterocycles. The minimum absolute atomic E-state index is 0.681. The standard InChI is InChI=1S/C14H16N4/c1-17-6-5-13-14(17)8-18(13)12-4-2-3-11-10(12)7-15-9-16-11/h2-4,7,9,13-14H,5-6,8H2,1H3/t13-,14-/m0/s1. The Morgan fingerprint density at radius 3 is 3.11 bits per heavy atom. The van der Waals surface area contributed by atoms with Gasteiger partial charge in [0.2, 0.25) is 0 Å². The molecule has 2 aliphatic rings. The van der Waals surface area contributed by atoms with Crippen LogP contribution in [0.5, 0.6) is 0 Å². The molecule has 2 aromatic rings. The Morgan fingerprint density at radius 2 is 2.22 bits per heavy atom. The molecule has 2 aliphatic heterocycles. The summed E-state index contributed by atoms with van der Waals surface area (Å²) >= 11 is 0. The van der Waals surface area contributed by atoms with Gasteiger partial charge in [0.05, 0.1) is 5.52 Å². The third-order valence-electron chi connectivity index (χ3n) is 4.41. The van der Waals surface area contributed by atoms with Crippen LogP contribution in [0.2, 0.25) is 0 Å². The zero-order valence-electron chi connectivity index (χ0n) is 10.5. The summed E-state index contributed by atoms with van der Waals surface area (Å²) in [6, 6.07) is 7.76. The summed E-state index contributed by atoms with van der Waals surface area (Å²) in [7, 11) is 2.23. The van der Waals surface area contributed by atoms with E-state index in [0.29, 0.717) is 6.04 Å². The maximum absolute atomic E-state index is 4.33. The summed E-state index contributed by atoms with van der Waals surface area (Å²) in [6.45, 7) is 2.35. The second-order valence-corrected chi connectivity index (χ2v) is 5.29. The number of hydrogen-bond donors (Lipinski definition) is 0. The molecule has 4 heteroatoms. The molecular weight excluding hydrogens is 224 g/mol. The normalized spacial score (nSPS) is 27.3. The molecule has 0 amide bonds. The van der Waals surface area contributed by atoms with Crippen molar-refractivity contribution in [2.45, 2.75) is 18.5 Å². The van der Waals surface area contributed by atoms with Crippen LogP contribution in [0, 0.1) is 0 Å². The number of nitrogens with zero attached hydrogens (tertiary/aromatic N) is 4. The highest BCUT2D eigenvalue weighted by Gasteiger charge is 2.45.